The molecule has 0 spiro atoms. The normalized spacial score (nSPS) is 17.7. The van der Waals surface area contributed by atoms with E-state index in [0.717, 1.165) is 12.8 Å². The molecular formula is C14H19NO. The lowest BCUT2D eigenvalue weighted by atomic mass is 9.95. The summed E-state index contributed by atoms with van der Waals surface area (Å²) in [5.41, 5.74) is 6.06. The fourth-order valence-electron chi connectivity index (χ4n) is 3.10. The lowest BCUT2D eigenvalue weighted by Crippen LogP contribution is -2.26. The Morgan fingerprint density at radius 3 is 2.75 bits per heavy atom. The molecule has 2 aliphatic heterocycles. The summed E-state index contributed by atoms with van der Waals surface area (Å²) in [4.78, 5) is 2.55. The molecule has 0 aliphatic carbocycles. The molecule has 2 aliphatic rings. The van der Waals surface area contributed by atoms with E-state index in [9.17, 15) is 0 Å². The largest absolute Gasteiger partial charge is 0.396 e. The van der Waals surface area contributed by atoms with Gasteiger partial charge in [-0.25, -0.2) is 0 Å². The smallest absolute Gasteiger partial charge is 0.0434 e. The molecule has 0 saturated carbocycles. The van der Waals surface area contributed by atoms with E-state index in [2.05, 4.69) is 17.0 Å². The quantitative estimate of drug-likeness (QED) is 0.836. The summed E-state index contributed by atoms with van der Waals surface area (Å²) in [5.74, 6) is 0. The van der Waals surface area contributed by atoms with E-state index in [-0.39, 0.29) is 0 Å². The number of benzene rings is 1. The molecule has 86 valence electrons. The number of hydrogen-bond donors (Lipinski definition) is 1. The zero-order valence-corrected chi connectivity index (χ0v) is 9.71. The summed E-state index contributed by atoms with van der Waals surface area (Å²) >= 11 is 0. The monoisotopic (exact) mass is 217 g/mol. The summed E-state index contributed by atoms with van der Waals surface area (Å²) in [5, 5.41) is 8.89. The Labute approximate surface area is 96.9 Å². The highest BCUT2D eigenvalue weighted by molar-refractivity contribution is 5.65. The molecule has 0 bridgehead atoms. The minimum absolute atomic E-state index is 0.304. The van der Waals surface area contributed by atoms with Crippen molar-refractivity contribution in [3.63, 3.8) is 0 Å². The van der Waals surface area contributed by atoms with E-state index < -0.39 is 0 Å². The van der Waals surface area contributed by atoms with Crippen molar-refractivity contribution in [3.8, 4) is 0 Å². The van der Waals surface area contributed by atoms with Gasteiger partial charge >= 0.3 is 0 Å². The van der Waals surface area contributed by atoms with Crippen molar-refractivity contribution in [3.05, 3.63) is 28.8 Å². The molecule has 2 nitrogen and oxygen atoms in total. The Morgan fingerprint density at radius 1 is 1.12 bits per heavy atom. The molecule has 16 heavy (non-hydrogen) atoms. The predicted octanol–water partition coefficient (Wildman–Crippen LogP) is 1.92. The molecule has 2 heteroatoms. The predicted molar refractivity (Wildman–Crippen MR) is 66.1 cm³/mol. The van der Waals surface area contributed by atoms with Gasteiger partial charge in [-0.15, -0.1) is 0 Å². The number of hydrogen-bond acceptors (Lipinski definition) is 2. The SMILES string of the molecule is OCCCc1cc2c3c(c1)CCN3CCC2. The van der Waals surface area contributed by atoms with E-state index in [4.69, 9.17) is 5.11 Å². The molecule has 2 heterocycles. The van der Waals surface area contributed by atoms with Crippen LogP contribution < -0.4 is 4.90 Å². The third-order valence-corrected chi connectivity index (χ3v) is 3.79. The third-order valence-electron chi connectivity index (χ3n) is 3.79. The average molecular weight is 217 g/mol. The van der Waals surface area contributed by atoms with Crippen LogP contribution in [0, 0.1) is 0 Å². The summed E-state index contributed by atoms with van der Waals surface area (Å²) in [6, 6.07) is 4.73. The molecule has 1 aromatic carbocycles. The molecular weight excluding hydrogens is 198 g/mol. The Morgan fingerprint density at radius 2 is 1.94 bits per heavy atom. The number of nitrogens with zero attached hydrogens (tertiary/aromatic N) is 1. The highest BCUT2D eigenvalue weighted by Gasteiger charge is 2.25. The van der Waals surface area contributed by atoms with E-state index >= 15 is 0 Å². The lowest BCUT2D eigenvalue weighted by molar-refractivity contribution is 0.288. The van der Waals surface area contributed by atoms with Crippen molar-refractivity contribution in [1.82, 2.24) is 0 Å². The Balaban J connectivity index is 1.95. The zero-order valence-electron chi connectivity index (χ0n) is 9.71. The lowest BCUT2D eigenvalue weighted by Gasteiger charge is -2.27. The summed E-state index contributed by atoms with van der Waals surface area (Å²) in [6.45, 7) is 2.76. The maximum absolute atomic E-state index is 8.89. The van der Waals surface area contributed by atoms with Crippen LogP contribution in [0.2, 0.25) is 0 Å². The van der Waals surface area contributed by atoms with Gasteiger partial charge in [-0.2, -0.15) is 0 Å². The van der Waals surface area contributed by atoms with Crippen LogP contribution in [-0.4, -0.2) is 24.8 Å². The van der Waals surface area contributed by atoms with Crippen LogP contribution in [-0.2, 0) is 19.3 Å². The van der Waals surface area contributed by atoms with Gasteiger partial charge in [0, 0.05) is 25.4 Å². The minimum atomic E-state index is 0.304. The van der Waals surface area contributed by atoms with Crippen LogP contribution in [0.15, 0.2) is 12.1 Å². The fourth-order valence-corrected chi connectivity index (χ4v) is 3.10. The second kappa shape index (κ2) is 4.10. The molecule has 1 N–H and O–H groups in total. The van der Waals surface area contributed by atoms with Crippen molar-refractivity contribution in [2.24, 2.45) is 0 Å². The Kier molecular flexibility index (Phi) is 2.60. The number of rotatable bonds is 3. The minimum Gasteiger partial charge on any atom is -0.396 e. The van der Waals surface area contributed by atoms with Crippen LogP contribution in [0.3, 0.4) is 0 Å². The van der Waals surface area contributed by atoms with Crippen molar-refractivity contribution >= 4 is 5.69 Å². The van der Waals surface area contributed by atoms with Crippen molar-refractivity contribution in [2.75, 3.05) is 24.6 Å². The average Bonchev–Trinajstić information content (AvgIpc) is 2.72. The fraction of sp³-hybridized carbons (Fsp3) is 0.571. The molecule has 0 aromatic heterocycles. The summed E-state index contributed by atoms with van der Waals surface area (Å²) in [7, 11) is 0. The molecule has 0 amide bonds. The standard InChI is InChI=1S/C14H19NO/c16-8-2-3-11-9-12-4-1-6-15-7-5-13(10-11)14(12)15/h9-10,16H,1-8H2. The van der Waals surface area contributed by atoms with E-state index in [0.29, 0.717) is 6.61 Å². The van der Waals surface area contributed by atoms with Crippen LogP contribution in [0.5, 0.6) is 0 Å². The molecule has 1 aromatic rings. The highest BCUT2D eigenvalue weighted by Crippen LogP contribution is 2.36. The third kappa shape index (κ3) is 1.61. The van der Waals surface area contributed by atoms with Gasteiger partial charge in [0.2, 0.25) is 0 Å². The first-order valence-corrected chi connectivity index (χ1v) is 6.39. The number of anilines is 1. The van der Waals surface area contributed by atoms with Gasteiger partial charge in [0.05, 0.1) is 0 Å². The van der Waals surface area contributed by atoms with Crippen molar-refractivity contribution < 1.29 is 5.11 Å². The molecule has 0 unspecified atom stereocenters. The Bertz CT molecular complexity index is 400. The maximum atomic E-state index is 8.89. The van der Waals surface area contributed by atoms with Crippen molar-refractivity contribution in [1.29, 1.82) is 0 Å². The van der Waals surface area contributed by atoms with Gasteiger partial charge in [-0.3, -0.25) is 0 Å². The molecule has 3 rings (SSSR count). The van der Waals surface area contributed by atoms with Gasteiger partial charge in [0.1, 0.15) is 0 Å². The van der Waals surface area contributed by atoms with Gasteiger partial charge in [-0.1, -0.05) is 12.1 Å². The first-order chi connectivity index (χ1) is 7.88. The molecule has 0 radical (unpaired) electrons. The van der Waals surface area contributed by atoms with Crippen LogP contribution >= 0.6 is 0 Å². The molecule has 0 saturated heterocycles. The van der Waals surface area contributed by atoms with Gasteiger partial charge in [0.25, 0.3) is 0 Å². The van der Waals surface area contributed by atoms with Gasteiger partial charge < -0.3 is 10.0 Å². The number of aliphatic hydroxyl groups is 1. The second-order valence-electron chi connectivity index (χ2n) is 4.93. The number of aliphatic hydroxyl groups excluding tert-OH is 1. The van der Waals surface area contributed by atoms with Crippen LogP contribution in [0.4, 0.5) is 5.69 Å². The van der Waals surface area contributed by atoms with Gasteiger partial charge in [-0.05, 0) is 48.8 Å². The van der Waals surface area contributed by atoms with E-state index in [1.54, 1.807) is 16.8 Å². The van der Waals surface area contributed by atoms with E-state index in [1.165, 1.54) is 37.9 Å². The summed E-state index contributed by atoms with van der Waals surface area (Å²) < 4.78 is 0. The zero-order chi connectivity index (χ0) is 11.0. The molecule has 0 atom stereocenters. The second-order valence-corrected chi connectivity index (χ2v) is 4.93. The summed E-state index contributed by atoms with van der Waals surface area (Å²) in [6.07, 6.45) is 5.68. The van der Waals surface area contributed by atoms with Crippen LogP contribution in [0.1, 0.15) is 29.5 Å². The highest BCUT2D eigenvalue weighted by atomic mass is 16.2. The molecule has 0 fully saturated rings. The number of aryl methyl sites for hydroxylation is 2. The first-order valence-electron chi connectivity index (χ1n) is 6.39. The van der Waals surface area contributed by atoms with Crippen LogP contribution in [0.25, 0.3) is 0 Å². The Hall–Kier alpha value is -1.02. The van der Waals surface area contributed by atoms with E-state index in [1.807, 2.05) is 0 Å². The first kappa shape index (κ1) is 10.2. The topological polar surface area (TPSA) is 23.5 Å². The maximum Gasteiger partial charge on any atom is 0.0434 e. The van der Waals surface area contributed by atoms with Gasteiger partial charge in [0.15, 0.2) is 0 Å². The van der Waals surface area contributed by atoms with Crippen molar-refractivity contribution in [2.45, 2.75) is 32.1 Å².